The molecule has 190 valence electrons. The lowest BCUT2D eigenvalue weighted by atomic mass is 9.84. The maximum atomic E-state index is 13.7. The normalized spacial score (nSPS) is 19.7. The summed E-state index contributed by atoms with van der Waals surface area (Å²) in [5, 5.41) is 3.10. The van der Waals surface area contributed by atoms with Crippen molar-refractivity contribution in [2.24, 2.45) is 11.3 Å². The highest BCUT2D eigenvalue weighted by molar-refractivity contribution is 5.91. The summed E-state index contributed by atoms with van der Waals surface area (Å²) in [4.78, 5) is 43.0. The van der Waals surface area contributed by atoms with E-state index in [1.165, 1.54) is 0 Å². The third kappa shape index (κ3) is 8.43. The minimum atomic E-state index is -0.669. The highest BCUT2D eigenvalue weighted by Crippen LogP contribution is 2.25. The molecule has 7 heteroatoms. The molecule has 1 unspecified atom stereocenters. The first kappa shape index (κ1) is 29.1. The SMILES string of the molecule is CCCN1CCCC[C@@H]1C(=O)N[C@H](C(=O)N(C)C(C=C(C)C(=O)OCC)C(C)C)C(C)(C)C. The molecule has 0 bridgehead atoms. The first-order valence-electron chi connectivity index (χ1n) is 12.5. The highest BCUT2D eigenvalue weighted by Gasteiger charge is 2.39. The monoisotopic (exact) mass is 465 g/mol. The fraction of sp³-hybridized carbons (Fsp3) is 0.808. The van der Waals surface area contributed by atoms with Crippen LogP contribution < -0.4 is 5.32 Å². The molecule has 1 aliphatic heterocycles. The van der Waals surface area contributed by atoms with Crippen LogP contribution in [-0.2, 0) is 19.1 Å². The van der Waals surface area contributed by atoms with E-state index in [0.29, 0.717) is 12.2 Å². The summed E-state index contributed by atoms with van der Waals surface area (Å²) in [6, 6.07) is -1.15. The molecule has 0 aliphatic carbocycles. The summed E-state index contributed by atoms with van der Waals surface area (Å²) in [5.41, 5.74) is 0.0103. The summed E-state index contributed by atoms with van der Waals surface area (Å²) >= 11 is 0. The van der Waals surface area contributed by atoms with E-state index in [1.807, 2.05) is 34.6 Å². The number of esters is 1. The number of hydrogen-bond acceptors (Lipinski definition) is 5. The quantitative estimate of drug-likeness (QED) is 0.392. The zero-order valence-corrected chi connectivity index (χ0v) is 22.4. The molecule has 2 amide bonds. The van der Waals surface area contributed by atoms with Crippen molar-refractivity contribution >= 4 is 17.8 Å². The van der Waals surface area contributed by atoms with Crippen LogP contribution in [-0.4, -0.2) is 72.5 Å². The Labute approximate surface area is 201 Å². The summed E-state index contributed by atoms with van der Waals surface area (Å²) < 4.78 is 5.10. The van der Waals surface area contributed by atoms with Gasteiger partial charge in [0.05, 0.1) is 18.7 Å². The van der Waals surface area contributed by atoms with E-state index in [4.69, 9.17) is 4.74 Å². The fourth-order valence-electron chi connectivity index (χ4n) is 4.40. The van der Waals surface area contributed by atoms with E-state index < -0.39 is 11.5 Å². The first-order chi connectivity index (χ1) is 15.3. The molecule has 0 radical (unpaired) electrons. The summed E-state index contributed by atoms with van der Waals surface area (Å²) in [6.07, 6.45) is 5.75. The van der Waals surface area contributed by atoms with Crippen LogP contribution >= 0.6 is 0 Å². The Morgan fingerprint density at radius 1 is 1.18 bits per heavy atom. The molecule has 1 saturated heterocycles. The fourth-order valence-corrected chi connectivity index (χ4v) is 4.40. The van der Waals surface area contributed by atoms with Gasteiger partial charge >= 0.3 is 5.97 Å². The minimum Gasteiger partial charge on any atom is -0.463 e. The standard InChI is InChI=1S/C26H47N3O4/c1-10-15-29-16-13-12-14-20(29)23(30)27-22(26(6,7)8)24(31)28(9)21(18(3)4)17-19(5)25(32)33-11-2/h17-18,20-22H,10-16H2,1-9H3,(H,27,30)/t20-,21?,22-/m1/s1. The zero-order chi connectivity index (χ0) is 25.3. The molecule has 1 rings (SSSR count). The van der Waals surface area contributed by atoms with Gasteiger partial charge in [-0.3, -0.25) is 14.5 Å². The average molecular weight is 466 g/mol. The van der Waals surface area contributed by atoms with E-state index in [9.17, 15) is 14.4 Å². The van der Waals surface area contributed by atoms with Crippen LogP contribution in [0.4, 0.5) is 0 Å². The topological polar surface area (TPSA) is 79.0 Å². The maximum absolute atomic E-state index is 13.7. The molecule has 0 aromatic rings. The number of amides is 2. The van der Waals surface area contributed by atoms with Crippen molar-refractivity contribution in [3.05, 3.63) is 11.6 Å². The van der Waals surface area contributed by atoms with Crippen molar-refractivity contribution in [3.8, 4) is 0 Å². The Kier molecular flexibility index (Phi) is 11.6. The number of likely N-dealkylation sites (N-methyl/N-ethyl adjacent to an activating group) is 1. The molecule has 7 nitrogen and oxygen atoms in total. The third-order valence-corrected chi connectivity index (χ3v) is 6.32. The second-order valence-corrected chi connectivity index (χ2v) is 10.6. The van der Waals surface area contributed by atoms with Crippen LogP contribution in [0.3, 0.4) is 0 Å². The van der Waals surface area contributed by atoms with E-state index in [1.54, 1.807) is 31.9 Å². The number of nitrogens with zero attached hydrogens (tertiary/aromatic N) is 2. The Morgan fingerprint density at radius 3 is 2.33 bits per heavy atom. The molecule has 0 aromatic carbocycles. The Hall–Kier alpha value is -1.89. The van der Waals surface area contributed by atoms with Crippen LogP contribution in [0.5, 0.6) is 0 Å². The smallest absolute Gasteiger partial charge is 0.333 e. The van der Waals surface area contributed by atoms with Crippen LogP contribution in [0.25, 0.3) is 0 Å². The average Bonchev–Trinajstić information content (AvgIpc) is 2.74. The van der Waals surface area contributed by atoms with Gasteiger partial charge in [-0.1, -0.05) is 54.0 Å². The van der Waals surface area contributed by atoms with Gasteiger partial charge in [0.25, 0.3) is 0 Å². The number of piperidine rings is 1. The lowest BCUT2D eigenvalue weighted by Gasteiger charge is -2.40. The lowest BCUT2D eigenvalue weighted by Crippen LogP contribution is -2.60. The van der Waals surface area contributed by atoms with Gasteiger partial charge in [-0.25, -0.2) is 4.79 Å². The third-order valence-electron chi connectivity index (χ3n) is 6.32. The minimum absolute atomic E-state index is 0.0656. The van der Waals surface area contributed by atoms with Gasteiger partial charge < -0.3 is 15.0 Å². The number of nitrogens with one attached hydrogen (secondary N) is 1. The number of ether oxygens (including phenoxy) is 1. The number of carbonyl (C=O) groups excluding carboxylic acids is 3. The van der Waals surface area contributed by atoms with Crippen molar-refractivity contribution in [1.82, 2.24) is 15.1 Å². The molecule has 0 saturated carbocycles. The van der Waals surface area contributed by atoms with Crippen LogP contribution in [0.15, 0.2) is 11.6 Å². The Morgan fingerprint density at radius 2 is 1.82 bits per heavy atom. The van der Waals surface area contributed by atoms with Crippen molar-refractivity contribution < 1.29 is 19.1 Å². The van der Waals surface area contributed by atoms with Crippen molar-refractivity contribution in [3.63, 3.8) is 0 Å². The second kappa shape index (κ2) is 13.1. The summed E-state index contributed by atoms with van der Waals surface area (Å²) in [5.74, 6) is -0.513. The summed E-state index contributed by atoms with van der Waals surface area (Å²) in [6.45, 7) is 17.7. The molecule has 1 N–H and O–H groups in total. The van der Waals surface area contributed by atoms with E-state index >= 15 is 0 Å². The van der Waals surface area contributed by atoms with E-state index in [2.05, 4.69) is 17.1 Å². The molecule has 1 aliphatic rings. The van der Waals surface area contributed by atoms with Crippen molar-refractivity contribution in [1.29, 1.82) is 0 Å². The van der Waals surface area contributed by atoms with Crippen molar-refractivity contribution in [2.75, 3.05) is 26.7 Å². The predicted molar refractivity (Wildman–Crippen MR) is 133 cm³/mol. The van der Waals surface area contributed by atoms with Gasteiger partial charge in [0.15, 0.2) is 0 Å². The van der Waals surface area contributed by atoms with Crippen LogP contribution in [0, 0.1) is 11.3 Å². The second-order valence-electron chi connectivity index (χ2n) is 10.6. The van der Waals surface area contributed by atoms with Gasteiger partial charge in [-0.15, -0.1) is 0 Å². The van der Waals surface area contributed by atoms with Crippen LogP contribution in [0.2, 0.25) is 0 Å². The van der Waals surface area contributed by atoms with Gasteiger partial charge in [-0.05, 0) is 57.5 Å². The molecule has 0 aromatic heterocycles. The van der Waals surface area contributed by atoms with Gasteiger partial charge in [0, 0.05) is 12.6 Å². The molecular formula is C26H47N3O4. The van der Waals surface area contributed by atoms with Crippen LogP contribution in [0.1, 0.15) is 81.1 Å². The largest absolute Gasteiger partial charge is 0.463 e. The number of hydrogen-bond donors (Lipinski definition) is 1. The van der Waals surface area contributed by atoms with Gasteiger partial charge in [0.2, 0.25) is 11.8 Å². The lowest BCUT2D eigenvalue weighted by molar-refractivity contribution is -0.142. The summed E-state index contributed by atoms with van der Waals surface area (Å²) in [7, 11) is 1.75. The van der Waals surface area contributed by atoms with E-state index in [0.717, 1.165) is 38.8 Å². The Balaban J connectivity index is 3.13. The number of likely N-dealkylation sites (tertiary alicyclic amines) is 1. The molecule has 1 fully saturated rings. The molecule has 3 atom stereocenters. The predicted octanol–water partition coefficient (Wildman–Crippen LogP) is 3.77. The zero-order valence-electron chi connectivity index (χ0n) is 22.4. The van der Waals surface area contributed by atoms with E-state index in [-0.39, 0.29) is 35.8 Å². The van der Waals surface area contributed by atoms with Gasteiger partial charge in [-0.2, -0.15) is 0 Å². The maximum Gasteiger partial charge on any atom is 0.333 e. The molecule has 33 heavy (non-hydrogen) atoms. The molecule has 0 spiro atoms. The van der Waals surface area contributed by atoms with Crippen molar-refractivity contribution in [2.45, 2.75) is 99.2 Å². The highest BCUT2D eigenvalue weighted by atomic mass is 16.5. The first-order valence-corrected chi connectivity index (χ1v) is 12.5. The molecular weight excluding hydrogens is 418 g/mol. The number of rotatable bonds is 10. The number of carbonyl (C=O) groups is 3. The Bertz CT molecular complexity index is 694. The van der Waals surface area contributed by atoms with Gasteiger partial charge in [0.1, 0.15) is 6.04 Å². The molecule has 1 heterocycles.